The third-order valence-electron chi connectivity index (χ3n) is 4.39. The number of nitrogens with zero attached hydrogens (tertiary/aromatic N) is 2. The van der Waals surface area contributed by atoms with E-state index in [1.807, 2.05) is 30.8 Å². The zero-order valence-electron chi connectivity index (χ0n) is 13.6. The molecule has 1 saturated heterocycles. The molecule has 0 aliphatic carbocycles. The number of carbonyl (C=O) groups is 2. The highest BCUT2D eigenvalue weighted by molar-refractivity contribution is 5.89. The third-order valence-corrected chi connectivity index (χ3v) is 4.39. The number of nitrogens with one attached hydrogen (secondary N) is 1. The van der Waals surface area contributed by atoms with Gasteiger partial charge in [0.25, 0.3) is 0 Å². The molecule has 0 bridgehead atoms. The van der Waals surface area contributed by atoms with E-state index in [-0.39, 0.29) is 23.9 Å². The number of hydrogen-bond acceptors (Lipinski definition) is 3. The molecular formula is C15H29N3O2. The standard InChI is InChI=1S/C15H29N3O2/c1-7-13-9-8-10(2)18(13)15(20)11(3)16-14(19)12(4)17(5)6/h10-13H,7-9H2,1-6H3,(H,16,19)/t10-,11+,12?,13+/m1/s1. The van der Waals surface area contributed by atoms with E-state index >= 15 is 0 Å². The molecule has 0 aromatic rings. The summed E-state index contributed by atoms with van der Waals surface area (Å²) in [5.74, 6) is -0.0584. The van der Waals surface area contributed by atoms with Gasteiger partial charge in [0.15, 0.2) is 0 Å². The van der Waals surface area contributed by atoms with Crippen molar-refractivity contribution >= 4 is 11.8 Å². The Hall–Kier alpha value is -1.10. The van der Waals surface area contributed by atoms with Crippen LogP contribution < -0.4 is 5.32 Å². The van der Waals surface area contributed by atoms with E-state index in [1.54, 1.807) is 6.92 Å². The van der Waals surface area contributed by atoms with Crippen LogP contribution in [0.2, 0.25) is 0 Å². The molecule has 5 heteroatoms. The maximum atomic E-state index is 12.6. The minimum Gasteiger partial charge on any atom is -0.343 e. The van der Waals surface area contributed by atoms with Crippen LogP contribution in [0.5, 0.6) is 0 Å². The molecular weight excluding hydrogens is 254 g/mol. The molecule has 116 valence electrons. The molecule has 20 heavy (non-hydrogen) atoms. The Kier molecular flexibility index (Phi) is 5.99. The van der Waals surface area contributed by atoms with E-state index < -0.39 is 6.04 Å². The van der Waals surface area contributed by atoms with Crippen LogP contribution in [-0.4, -0.2) is 59.9 Å². The van der Waals surface area contributed by atoms with Crippen LogP contribution in [0, 0.1) is 0 Å². The Morgan fingerprint density at radius 3 is 2.40 bits per heavy atom. The molecule has 0 aromatic carbocycles. The maximum absolute atomic E-state index is 12.6. The molecule has 4 atom stereocenters. The van der Waals surface area contributed by atoms with E-state index in [0.29, 0.717) is 6.04 Å². The van der Waals surface area contributed by atoms with Gasteiger partial charge in [-0.2, -0.15) is 0 Å². The summed E-state index contributed by atoms with van der Waals surface area (Å²) < 4.78 is 0. The molecule has 0 spiro atoms. The zero-order chi connectivity index (χ0) is 15.4. The van der Waals surface area contributed by atoms with Crippen LogP contribution in [0.4, 0.5) is 0 Å². The van der Waals surface area contributed by atoms with Gasteiger partial charge in [-0.25, -0.2) is 0 Å². The Labute approximate surface area is 122 Å². The van der Waals surface area contributed by atoms with Gasteiger partial charge in [0.1, 0.15) is 6.04 Å². The van der Waals surface area contributed by atoms with Gasteiger partial charge in [-0.1, -0.05) is 6.92 Å². The summed E-state index contributed by atoms with van der Waals surface area (Å²) in [6, 6.07) is -0.0936. The molecule has 2 amide bonds. The summed E-state index contributed by atoms with van der Waals surface area (Å²) in [5, 5.41) is 2.83. The molecule has 1 rings (SSSR count). The first-order chi connectivity index (χ1) is 9.29. The summed E-state index contributed by atoms with van der Waals surface area (Å²) in [7, 11) is 3.71. The summed E-state index contributed by atoms with van der Waals surface area (Å²) in [5.41, 5.74) is 0. The fourth-order valence-corrected chi connectivity index (χ4v) is 2.72. The van der Waals surface area contributed by atoms with E-state index in [9.17, 15) is 9.59 Å². The average Bonchev–Trinajstić information content (AvgIpc) is 2.77. The summed E-state index contributed by atoms with van der Waals surface area (Å²) in [6.45, 7) is 7.81. The predicted molar refractivity (Wildman–Crippen MR) is 80.4 cm³/mol. The second-order valence-corrected chi connectivity index (χ2v) is 6.10. The molecule has 1 aliphatic heterocycles. The van der Waals surface area contributed by atoms with Gasteiger partial charge < -0.3 is 10.2 Å². The quantitative estimate of drug-likeness (QED) is 0.825. The molecule has 1 heterocycles. The minimum atomic E-state index is -0.459. The van der Waals surface area contributed by atoms with Gasteiger partial charge in [-0.05, 0) is 54.1 Å². The van der Waals surface area contributed by atoms with Crippen molar-refractivity contribution in [2.24, 2.45) is 0 Å². The van der Waals surface area contributed by atoms with Crippen molar-refractivity contribution in [2.75, 3.05) is 14.1 Å². The predicted octanol–water partition coefficient (Wildman–Crippen LogP) is 1.23. The lowest BCUT2D eigenvalue weighted by Crippen LogP contribution is -2.53. The van der Waals surface area contributed by atoms with Gasteiger partial charge in [0.2, 0.25) is 11.8 Å². The van der Waals surface area contributed by atoms with Crippen molar-refractivity contribution in [1.82, 2.24) is 15.1 Å². The molecule has 1 unspecified atom stereocenters. The van der Waals surface area contributed by atoms with Gasteiger partial charge in [-0.3, -0.25) is 14.5 Å². The first-order valence-electron chi connectivity index (χ1n) is 7.58. The minimum absolute atomic E-state index is 0.0427. The summed E-state index contributed by atoms with van der Waals surface area (Å²) in [4.78, 5) is 28.4. The van der Waals surface area contributed by atoms with E-state index in [2.05, 4.69) is 19.2 Å². The molecule has 1 N–H and O–H groups in total. The molecule has 0 radical (unpaired) electrons. The van der Waals surface area contributed by atoms with Gasteiger partial charge in [0.05, 0.1) is 6.04 Å². The lowest BCUT2D eigenvalue weighted by atomic mass is 10.1. The Bertz CT molecular complexity index is 357. The van der Waals surface area contributed by atoms with Crippen molar-refractivity contribution in [3.63, 3.8) is 0 Å². The number of amides is 2. The van der Waals surface area contributed by atoms with Crippen molar-refractivity contribution in [1.29, 1.82) is 0 Å². The zero-order valence-corrected chi connectivity index (χ0v) is 13.6. The molecule has 0 aromatic heterocycles. The number of carbonyl (C=O) groups excluding carboxylic acids is 2. The van der Waals surface area contributed by atoms with E-state index in [1.165, 1.54) is 0 Å². The van der Waals surface area contributed by atoms with Crippen LogP contribution in [0.3, 0.4) is 0 Å². The Morgan fingerprint density at radius 1 is 1.30 bits per heavy atom. The first-order valence-corrected chi connectivity index (χ1v) is 7.58. The van der Waals surface area contributed by atoms with E-state index in [4.69, 9.17) is 0 Å². The SMILES string of the molecule is CC[C@H]1CC[C@@H](C)N1C(=O)[C@H](C)NC(=O)C(C)N(C)C. The highest BCUT2D eigenvalue weighted by atomic mass is 16.2. The summed E-state index contributed by atoms with van der Waals surface area (Å²) in [6.07, 6.45) is 3.10. The monoisotopic (exact) mass is 283 g/mol. The van der Waals surface area contributed by atoms with Crippen LogP contribution in [0.15, 0.2) is 0 Å². The largest absolute Gasteiger partial charge is 0.343 e. The number of rotatable bonds is 5. The van der Waals surface area contributed by atoms with E-state index in [0.717, 1.165) is 19.3 Å². The number of hydrogen-bond donors (Lipinski definition) is 1. The molecule has 1 aliphatic rings. The first kappa shape index (κ1) is 17.0. The smallest absolute Gasteiger partial charge is 0.245 e. The summed E-state index contributed by atoms with van der Waals surface area (Å²) >= 11 is 0. The second kappa shape index (κ2) is 7.07. The van der Waals surface area contributed by atoms with Crippen LogP contribution in [-0.2, 0) is 9.59 Å². The molecule has 5 nitrogen and oxygen atoms in total. The normalized spacial score (nSPS) is 25.6. The fraction of sp³-hybridized carbons (Fsp3) is 0.867. The highest BCUT2D eigenvalue weighted by Crippen LogP contribution is 2.26. The van der Waals surface area contributed by atoms with Gasteiger partial charge >= 0.3 is 0 Å². The fourth-order valence-electron chi connectivity index (χ4n) is 2.72. The van der Waals surface area contributed by atoms with Crippen LogP contribution >= 0.6 is 0 Å². The lowest BCUT2D eigenvalue weighted by Gasteiger charge is -2.31. The molecule has 0 saturated carbocycles. The van der Waals surface area contributed by atoms with Crippen molar-refractivity contribution in [3.05, 3.63) is 0 Å². The number of likely N-dealkylation sites (N-methyl/N-ethyl adjacent to an activating group) is 1. The number of likely N-dealkylation sites (tertiary alicyclic amines) is 1. The van der Waals surface area contributed by atoms with Crippen molar-refractivity contribution in [3.8, 4) is 0 Å². The Morgan fingerprint density at radius 2 is 1.90 bits per heavy atom. The maximum Gasteiger partial charge on any atom is 0.245 e. The second-order valence-electron chi connectivity index (χ2n) is 6.10. The van der Waals surface area contributed by atoms with Gasteiger partial charge in [-0.15, -0.1) is 0 Å². The third kappa shape index (κ3) is 3.72. The Balaban J connectivity index is 2.65. The topological polar surface area (TPSA) is 52.7 Å². The van der Waals surface area contributed by atoms with Gasteiger partial charge in [0, 0.05) is 12.1 Å². The average molecular weight is 283 g/mol. The van der Waals surface area contributed by atoms with Crippen molar-refractivity contribution < 1.29 is 9.59 Å². The van der Waals surface area contributed by atoms with Crippen LogP contribution in [0.25, 0.3) is 0 Å². The van der Waals surface area contributed by atoms with Crippen LogP contribution in [0.1, 0.15) is 47.0 Å². The van der Waals surface area contributed by atoms with Crippen molar-refractivity contribution in [2.45, 2.75) is 71.1 Å². The lowest BCUT2D eigenvalue weighted by molar-refractivity contribution is -0.139. The molecule has 1 fully saturated rings. The highest BCUT2D eigenvalue weighted by Gasteiger charge is 2.35.